The first kappa shape index (κ1) is 27.9. The summed E-state index contributed by atoms with van der Waals surface area (Å²) in [7, 11) is 0. The van der Waals surface area contributed by atoms with E-state index in [-0.39, 0.29) is 23.7 Å². The fourth-order valence-corrected chi connectivity index (χ4v) is 4.51. The molecule has 0 saturated heterocycles. The third-order valence-corrected chi connectivity index (χ3v) is 6.68. The van der Waals surface area contributed by atoms with E-state index in [0.29, 0.717) is 28.8 Å². The highest BCUT2D eigenvalue weighted by Crippen LogP contribution is 2.35. The molecule has 6 nitrogen and oxygen atoms in total. The molecule has 204 valence electrons. The number of nitrogens with zero attached hydrogens (tertiary/aromatic N) is 3. The lowest BCUT2D eigenvalue weighted by Gasteiger charge is -2.31. The Balaban J connectivity index is 1.85. The molecule has 4 rings (SSSR count). The van der Waals surface area contributed by atoms with E-state index in [1.807, 2.05) is 45.0 Å². The number of benzene rings is 3. The maximum absolute atomic E-state index is 13.8. The third kappa shape index (κ3) is 5.97. The molecule has 0 bridgehead atoms. The van der Waals surface area contributed by atoms with Gasteiger partial charge in [0.1, 0.15) is 5.82 Å². The van der Waals surface area contributed by atoms with Crippen molar-refractivity contribution in [2.45, 2.75) is 46.3 Å². The van der Waals surface area contributed by atoms with E-state index in [0.717, 1.165) is 11.6 Å². The van der Waals surface area contributed by atoms with Crippen molar-refractivity contribution in [3.63, 3.8) is 0 Å². The Bertz CT molecular complexity index is 1550. The normalized spacial score (nSPS) is 12.5. The molecule has 1 atom stereocenters. The zero-order valence-corrected chi connectivity index (χ0v) is 22.3. The Hall–Kier alpha value is -4.14. The predicted molar refractivity (Wildman–Crippen MR) is 147 cm³/mol. The second-order valence-electron chi connectivity index (χ2n) is 9.94. The quantitative estimate of drug-likeness (QED) is 0.268. The first-order valence-corrected chi connectivity index (χ1v) is 12.8. The van der Waals surface area contributed by atoms with Crippen LogP contribution in [-0.2, 0) is 6.18 Å². The highest BCUT2D eigenvalue weighted by atomic mass is 19.4. The summed E-state index contributed by atoms with van der Waals surface area (Å²) >= 11 is 0. The minimum absolute atomic E-state index is 0.220. The Labute approximate surface area is 225 Å². The molecule has 1 aromatic heterocycles. The van der Waals surface area contributed by atoms with E-state index in [9.17, 15) is 22.8 Å². The molecule has 0 radical (unpaired) electrons. The minimum atomic E-state index is -4.64. The lowest BCUT2D eigenvalue weighted by atomic mass is 10.1. The number of hydrogen-bond donors (Lipinski definition) is 1. The van der Waals surface area contributed by atoms with E-state index in [1.54, 1.807) is 31.2 Å². The van der Waals surface area contributed by atoms with Gasteiger partial charge in [0.25, 0.3) is 5.56 Å². The van der Waals surface area contributed by atoms with E-state index >= 15 is 0 Å². The van der Waals surface area contributed by atoms with Gasteiger partial charge in [0.2, 0.25) is 0 Å². The molecule has 2 amide bonds. The summed E-state index contributed by atoms with van der Waals surface area (Å²) in [6.45, 7) is 7.85. The number of amides is 2. The van der Waals surface area contributed by atoms with Crippen LogP contribution in [0.5, 0.6) is 0 Å². The second-order valence-corrected chi connectivity index (χ2v) is 9.94. The highest BCUT2D eigenvalue weighted by Gasteiger charge is 2.35. The van der Waals surface area contributed by atoms with Crippen molar-refractivity contribution in [1.29, 1.82) is 0 Å². The van der Waals surface area contributed by atoms with Gasteiger partial charge >= 0.3 is 12.2 Å². The molecule has 0 spiro atoms. The van der Waals surface area contributed by atoms with Crippen LogP contribution in [0.15, 0.2) is 77.6 Å². The number of rotatable bonds is 7. The first-order chi connectivity index (χ1) is 18.5. The van der Waals surface area contributed by atoms with Crippen LogP contribution < -0.4 is 10.9 Å². The van der Waals surface area contributed by atoms with Crippen LogP contribution in [0.2, 0.25) is 0 Å². The fourth-order valence-electron chi connectivity index (χ4n) is 4.51. The zero-order valence-electron chi connectivity index (χ0n) is 22.3. The number of fused-ring (bicyclic) bond motifs is 1. The van der Waals surface area contributed by atoms with Crippen LogP contribution >= 0.6 is 0 Å². The SMILES string of the molecule is Cc1ccccc1-n1c(C(C)N(CCC(C)C)C(=O)Nc2ccccc2C(F)(F)F)nc2ccccc2c1=O. The Morgan fingerprint density at radius 1 is 0.974 bits per heavy atom. The van der Waals surface area contributed by atoms with Gasteiger partial charge in [-0.05, 0) is 62.1 Å². The number of carbonyl (C=O) groups excluding carboxylic acids is 1. The van der Waals surface area contributed by atoms with Crippen LogP contribution in [0, 0.1) is 12.8 Å². The smallest absolute Gasteiger partial charge is 0.315 e. The number of alkyl halides is 3. The molecule has 4 aromatic rings. The largest absolute Gasteiger partial charge is 0.418 e. The van der Waals surface area contributed by atoms with Crippen molar-refractivity contribution in [2.75, 3.05) is 11.9 Å². The minimum Gasteiger partial charge on any atom is -0.315 e. The third-order valence-electron chi connectivity index (χ3n) is 6.68. The number of nitrogens with one attached hydrogen (secondary N) is 1. The number of aryl methyl sites for hydroxylation is 1. The van der Waals surface area contributed by atoms with Crippen molar-refractivity contribution in [1.82, 2.24) is 14.5 Å². The monoisotopic (exact) mass is 536 g/mol. The number of urea groups is 1. The standard InChI is InChI=1S/C30H31F3N4O2/c1-19(2)17-18-36(29(39)35-25-15-9-7-13-23(25)30(31,32)33)21(4)27-34-24-14-8-6-12-22(24)28(38)37(27)26-16-10-5-11-20(26)3/h5-16,19,21H,17-18H2,1-4H3,(H,35,39). The van der Waals surface area contributed by atoms with E-state index < -0.39 is 23.8 Å². The zero-order chi connectivity index (χ0) is 28.3. The van der Waals surface area contributed by atoms with Gasteiger partial charge < -0.3 is 10.2 Å². The van der Waals surface area contributed by atoms with E-state index in [2.05, 4.69) is 5.32 Å². The van der Waals surface area contributed by atoms with Crippen LogP contribution in [0.3, 0.4) is 0 Å². The van der Waals surface area contributed by atoms with Crippen LogP contribution in [0.25, 0.3) is 16.6 Å². The van der Waals surface area contributed by atoms with Gasteiger partial charge in [-0.25, -0.2) is 9.78 Å². The van der Waals surface area contributed by atoms with Gasteiger partial charge in [-0.15, -0.1) is 0 Å². The summed E-state index contributed by atoms with van der Waals surface area (Å²) in [4.78, 5) is 33.7. The molecule has 1 unspecified atom stereocenters. The average Bonchev–Trinajstić information content (AvgIpc) is 2.89. The van der Waals surface area contributed by atoms with Gasteiger partial charge in [-0.2, -0.15) is 13.2 Å². The summed E-state index contributed by atoms with van der Waals surface area (Å²) in [6.07, 6.45) is -4.04. The average molecular weight is 537 g/mol. The topological polar surface area (TPSA) is 67.2 Å². The van der Waals surface area contributed by atoms with Crippen molar-refractivity contribution in [3.8, 4) is 5.69 Å². The number of anilines is 1. The molecule has 1 N–H and O–H groups in total. The predicted octanol–water partition coefficient (Wildman–Crippen LogP) is 7.35. The Morgan fingerprint density at radius 3 is 2.31 bits per heavy atom. The Kier molecular flexibility index (Phi) is 8.09. The molecule has 0 aliphatic carbocycles. The van der Waals surface area contributed by atoms with E-state index in [1.165, 1.54) is 27.7 Å². The molecule has 0 aliphatic rings. The maximum Gasteiger partial charge on any atom is 0.418 e. The van der Waals surface area contributed by atoms with Crippen LogP contribution in [0.4, 0.5) is 23.7 Å². The van der Waals surface area contributed by atoms with Crippen molar-refractivity contribution >= 4 is 22.6 Å². The summed E-state index contributed by atoms with van der Waals surface area (Å²) in [5.74, 6) is 0.536. The first-order valence-electron chi connectivity index (χ1n) is 12.8. The van der Waals surface area contributed by atoms with Gasteiger partial charge in [0.15, 0.2) is 0 Å². The molecule has 0 fully saturated rings. The fraction of sp³-hybridized carbons (Fsp3) is 0.300. The molecule has 1 heterocycles. The molecule has 0 aliphatic heterocycles. The summed E-state index contributed by atoms with van der Waals surface area (Å²) in [5.41, 5.74) is 0.371. The highest BCUT2D eigenvalue weighted by molar-refractivity contribution is 5.90. The number of halogens is 3. The van der Waals surface area contributed by atoms with Crippen molar-refractivity contribution in [2.24, 2.45) is 5.92 Å². The molecular formula is C30H31F3N4O2. The lowest BCUT2D eigenvalue weighted by Crippen LogP contribution is -2.41. The van der Waals surface area contributed by atoms with Crippen LogP contribution in [0.1, 0.15) is 50.2 Å². The van der Waals surface area contributed by atoms with E-state index in [4.69, 9.17) is 4.98 Å². The summed E-state index contributed by atoms with van der Waals surface area (Å²) < 4.78 is 42.4. The van der Waals surface area contributed by atoms with Crippen molar-refractivity contribution < 1.29 is 18.0 Å². The summed E-state index contributed by atoms with van der Waals surface area (Å²) in [6, 6.07) is 17.7. The molecule has 39 heavy (non-hydrogen) atoms. The van der Waals surface area contributed by atoms with Gasteiger partial charge in [-0.3, -0.25) is 9.36 Å². The van der Waals surface area contributed by atoms with Crippen molar-refractivity contribution in [3.05, 3.63) is 100 Å². The number of carbonyl (C=O) groups is 1. The number of aromatic nitrogens is 2. The molecule has 9 heteroatoms. The van der Waals surface area contributed by atoms with Gasteiger partial charge in [-0.1, -0.05) is 56.3 Å². The molecular weight excluding hydrogens is 505 g/mol. The number of hydrogen-bond acceptors (Lipinski definition) is 3. The Morgan fingerprint density at radius 2 is 1.62 bits per heavy atom. The molecule has 3 aromatic carbocycles. The lowest BCUT2D eigenvalue weighted by molar-refractivity contribution is -0.136. The maximum atomic E-state index is 13.8. The molecule has 0 saturated carbocycles. The summed E-state index contributed by atoms with van der Waals surface area (Å²) in [5, 5.41) is 2.89. The van der Waals surface area contributed by atoms with Crippen LogP contribution in [-0.4, -0.2) is 27.0 Å². The van der Waals surface area contributed by atoms with Gasteiger partial charge in [0, 0.05) is 6.54 Å². The van der Waals surface area contributed by atoms with Gasteiger partial charge in [0.05, 0.1) is 33.9 Å². The number of para-hydroxylation sites is 3. The second kappa shape index (κ2) is 11.3.